The molecule has 0 saturated carbocycles. The standard InChI is InChI=1S/C17H27N3O2.2ClH/c1-3-16-12-20(9-8-19(16)11-13(2)21)17(22)10-14-4-6-15(18)7-5-14;;/h4-7,13,16,21H,3,8-12,18H2,1-2H3;2*1H. The van der Waals surface area contributed by atoms with Gasteiger partial charge in [-0.05, 0) is 31.0 Å². The molecule has 1 aliphatic rings. The summed E-state index contributed by atoms with van der Waals surface area (Å²) in [5.74, 6) is 0.167. The zero-order chi connectivity index (χ0) is 16.1. The summed E-state index contributed by atoms with van der Waals surface area (Å²) < 4.78 is 0. The fourth-order valence-electron chi connectivity index (χ4n) is 3.01. The van der Waals surface area contributed by atoms with E-state index < -0.39 is 0 Å². The number of carbonyl (C=O) groups is 1. The van der Waals surface area contributed by atoms with Crippen LogP contribution in [-0.4, -0.2) is 59.1 Å². The fourth-order valence-corrected chi connectivity index (χ4v) is 3.01. The summed E-state index contributed by atoms with van der Waals surface area (Å²) in [5.41, 5.74) is 7.39. The number of rotatable bonds is 5. The van der Waals surface area contributed by atoms with E-state index in [9.17, 15) is 9.90 Å². The molecule has 2 rings (SSSR count). The van der Waals surface area contributed by atoms with Crippen LogP contribution in [0.1, 0.15) is 25.8 Å². The third-order valence-corrected chi connectivity index (χ3v) is 4.26. The lowest BCUT2D eigenvalue weighted by Crippen LogP contribution is -2.56. The zero-order valence-electron chi connectivity index (χ0n) is 14.4. The maximum Gasteiger partial charge on any atom is 0.227 e. The van der Waals surface area contributed by atoms with E-state index in [-0.39, 0.29) is 36.8 Å². The number of nitrogens with zero attached hydrogens (tertiary/aromatic N) is 2. The van der Waals surface area contributed by atoms with Crippen molar-refractivity contribution >= 4 is 36.4 Å². The SMILES string of the molecule is CCC1CN(C(=O)Cc2ccc(N)cc2)CCN1CC(C)O.Cl.Cl. The Labute approximate surface area is 157 Å². The van der Waals surface area contributed by atoms with E-state index in [1.54, 1.807) is 0 Å². The molecule has 7 heteroatoms. The summed E-state index contributed by atoms with van der Waals surface area (Å²) in [5, 5.41) is 9.58. The molecule has 3 N–H and O–H groups in total. The van der Waals surface area contributed by atoms with E-state index in [1.807, 2.05) is 36.1 Å². The van der Waals surface area contributed by atoms with Gasteiger partial charge in [-0.1, -0.05) is 19.1 Å². The van der Waals surface area contributed by atoms with Crippen molar-refractivity contribution in [3.05, 3.63) is 29.8 Å². The minimum atomic E-state index is -0.328. The Hall–Kier alpha value is -1.01. The number of hydrogen-bond acceptors (Lipinski definition) is 4. The third kappa shape index (κ3) is 6.48. The molecule has 138 valence electrons. The number of aliphatic hydroxyl groups excluding tert-OH is 1. The number of β-amino-alcohol motifs (C(OH)–C–C–N with tert-alkyl or cyclic N) is 1. The minimum absolute atomic E-state index is 0. The first-order valence-electron chi connectivity index (χ1n) is 8.04. The molecule has 0 aromatic heterocycles. The Kier molecular flexibility index (Phi) is 10.3. The second-order valence-corrected chi connectivity index (χ2v) is 6.16. The van der Waals surface area contributed by atoms with Gasteiger partial charge in [-0.2, -0.15) is 0 Å². The molecule has 1 fully saturated rings. The lowest BCUT2D eigenvalue weighted by Gasteiger charge is -2.41. The van der Waals surface area contributed by atoms with Crippen LogP contribution in [0, 0.1) is 0 Å². The van der Waals surface area contributed by atoms with Crippen LogP contribution in [0.5, 0.6) is 0 Å². The van der Waals surface area contributed by atoms with Gasteiger partial charge < -0.3 is 15.7 Å². The van der Waals surface area contributed by atoms with Crippen molar-refractivity contribution in [3.8, 4) is 0 Å². The Morgan fingerprint density at radius 3 is 2.46 bits per heavy atom. The van der Waals surface area contributed by atoms with E-state index >= 15 is 0 Å². The van der Waals surface area contributed by atoms with Gasteiger partial charge in [-0.15, -0.1) is 24.8 Å². The predicted molar refractivity (Wildman–Crippen MR) is 103 cm³/mol. The summed E-state index contributed by atoms with van der Waals surface area (Å²) >= 11 is 0. The van der Waals surface area contributed by atoms with Gasteiger partial charge in [0.05, 0.1) is 12.5 Å². The predicted octanol–water partition coefficient (Wildman–Crippen LogP) is 1.96. The van der Waals surface area contributed by atoms with Gasteiger partial charge in [-0.25, -0.2) is 0 Å². The number of nitrogen functional groups attached to an aromatic ring is 1. The molecular weight excluding hydrogens is 349 g/mol. The normalized spacial score (nSPS) is 19.1. The number of halogens is 2. The summed E-state index contributed by atoms with van der Waals surface area (Å²) in [7, 11) is 0. The number of aliphatic hydroxyl groups is 1. The summed E-state index contributed by atoms with van der Waals surface area (Å²) in [6, 6.07) is 7.82. The molecule has 1 aromatic carbocycles. The van der Waals surface area contributed by atoms with Crippen molar-refractivity contribution in [3.63, 3.8) is 0 Å². The maximum atomic E-state index is 12.5. The molecule has 1 aromatic rings. The van der Waals surface area contributed by atoms with Gasteiger partial charge in [-0.3, -0.25) is 9.69 Å². The number of amides is 1. The third-order valence-electron chi connectivity index (χ3n) is 4.26. The molecule has 1 heterocycles. The average molecular weight is 378 g/mol. The first-order chi connectivity index (χ1) is 10.5. The molecule has 1 aliphatic heterocycles. The average Bonchev–Trinajstić information content (AvgIpc) is 2.49. The maximum absolute atomic E-state index is 12.5. The highest BCUT2D eigenvalue weighted by molar-refractivity contribution is 5.85. The van der Waals surface area contributed by atoms with Gasteiger partial charge in [0.2, 0.25) is 5.91 Å². The summed E-state index contributed by atoms with van der Waals surface area (Å²) in [6.45, 7) is 6.93. The molecular formula is C17H29Cl2N3O2. The van der Waals surface area contributed by atoms with E-state index in [1.165, 1.54) is 0 Å². The number of hydrogen-bond donors (Lipinski definition) is 2. The Balaban J connectivity index is 0.00000264. The molecule has 2 unspecified atom stereocenters. The first kappa shape index (κ1) is 23.0. The van der Waals surface area contributed by atoms with Gasteiger partial charge >= 0.3 is 0 Å². The van der Waals surface area contributed by atoms with Crippen LogP contribution in [0.3, 0.4) is 0 Å². The number of piperazine rings is 1. The molecule has 0 radical (unpaired) electrons. The first-order valence-corrected chi connectivity index (χ1v) is 8.04. The summed E-state index contributed by atoms with van der Waals surface area (Å²) in [6.07, 6.45) is 1.08. The number of carbonyl (C=O) groups excluding carboxylic acids is 1. The molecule has 1 amide bonds. The number of anilines is 1. The lowest BCUT2D eigenvalue weighted by molar-refractivity contribution is -0.133. The van der Waals surface area contributed by atoms with Crippen LogP contribution in [0.4, 0.5) is 5.69 Å². The Bertz CT molecular complexity index is 497. The second kappa shape index (κ2) is 10.8. The molecule has 1 saturated heterocycles. The monoisotopic (exact) mass is 377 g/mol. The molecule has 0 bridgehead atoms. The van der Waals surface area contributed by atoms with E-state index in [0.717, 1.165) is 31.6 Å². The van der Waals surface area contributed by atoms with Crippen LogP contribution < -0.4 is 5.73 Å². The van der Waals surface area contributed by atoms with Crippen molar-refractivity contribution in [1.29, 1.82) is 0 Å². The fraction of sp³-hybridized carbons (Fsp3) is 0.588. The van der Waals surface area contributed by atoms with E-state index in [2.05, 4.69) is 11.8 Å². The van der Waals surface area contributed by atoms with Crippen molar-refractivity contribution < 1.29 is 9.90 Å². The number of benzene rings is 1. The van der Waals surface area contributed by atoms with Crippen LogP contribution in [-0.2, 0) is 11.2 Å². The molecule has 5 nitrogen and oxygen atoms in total. The van der Waals surface area contributed by atoms with Crippen LogP contribution in [0.2, 0.25) is 0 Å². The summed E-state index contributed by atoms with van der Waals surface area (Å²) in [4.78, 5) is 16.7. The Morgan fingerprint density at radius 2 is 1.92 bits per heavy atom. The van der Waals surface area contributed by atoms with Gasteiger partial charge in [0.15, 0.2) is 0 Å². The minimum Gasteiger partial charge on any atom is -0.399 e. The van der Waals surface area contributed by atoms with Crippen LogP contribution >= 0.6 is 24.8 Å². The van der Waals surface area contributed by atoms with Crippen LogP contribution in [0.25, 0.3) is 0 Å². The smallest absolute Gasteiger partial charge is 0.227 e. The topological polar surface area (TPSA) is 69.8 Å². The quantitative estimate of drug-likeness (QED) is 0.769. The largest absolute Gasteiger partial charge is 0.399 e. The number of nitrogens with two attached hydrogens (primary N) is 1. The lowest BCUT2D eigenvalue weighted by atomic mass is 10.1. The van der Waals surface area contributed by atoms with Gasteiger partial charge in [0.25, 0.3) is 0 Å². The Morgan fingerprint density at radius 1 is 1.29 bits per heavy atom. The van der Waals surface area contributed by atoms with Crippen molar-refractivity contribution in [2.45, 2.75) is 38.8 Å². The van der Waals surface area contributed by atoms with E-state index in [4.69, 9.17) is 5.73 Å². The highest BCUT2D eigenvalue weighted by Gasteiger charge is 2.28. The molecule has 2 atom stereocenters. The van der Waals surface area contributed by atoms with Crippen molar-refractivity contribution in [1.82, 2.24) is 9.80 Å². The molecule has 0 spiro atoms. The van der Waals surface area contributed by atoms with Crippen molar-refractivity contribution in [2.24, 2.45) is 0 Å². The van der Waals surface area contributed by atoms with Gasteiger partial charge in [0.1, 0.15) is 0 Å². The van der Waals surface area contributed by atoms with Crippen LogP contribution in [0.15, 0.2) is 24.3 Å². The van der Waals surface area contributed by atoms with Gasteiger partial charge in [0, 0.05) is 37.9 Å². The molecule has 0 aliphatic carbocycles. The zero-order valence-corrected chi connectivity index (χ0v) is 16.0. The van der Waals surface area contributed by atoms with E-state index in [0.29, 0.717) is 24.7 Å². The highest BCUT2D eigenvalue weighted by atomic mass is 35.5. The second-order valence-electron chi connectivity index (χ2n) is 6.16. The van der Waals surface area contributed by atoms with Crippen molar-refractivity contribution in [2.75, 3.05) is 31.9 Å². The molecule has 24 heavy (non-hydrogen) atoms. The highest BCUT2D eigenvalue weighted by Crippen LogP contribution is 2.15.